The molecule has 9 heteroatoms. The van der Waals surface area contributed by atoms with Gasteiger partial charge in [0.15, 0.2) is 0 Å². The molecule has 0 bridgehead atoms. The Bertz CT molecular complexity index is 840. The molecule has 1 aliphatic heterocycles. The maximum Gasteiger partial charge on any atom is 0.419 e. The monoisotopic (exact) mass is 411 g/mol. The van der Waals surface area contributed by atoms with Crippen molar-refractivity contribution < 1.29 is 17.6 Å². The molecule has 5 nitrogen and oxygen atoms in total. The van der Waals surface area contributed by atoms with Gasteiger partial charge in [-0.25, -0.2) is 9.37 Å². The van der Waals surface area contributed by atoms with Crippen LogP contribution >= 0.6 is 0 Å². The minimum Gasteiger partial charge on any atom is -0.355 e. The summed E-state index contributed by atoms with van der Waals surface area (Å²) in [6, 6.07) is 5.09. The van der Waals surface area contributed by atoms with Gasteiger partial charge in [-0.1, -0.05) is 13.3 Å². The SMILES string of the molecule is CCCCc1cc(N2CC[C@H](NC)C2)nc(Nc2ccc(F)c(C(F)(F)F)c2)n1. The number of alkyl halides is 3. The fourth-order valence-corrected chi connectivity index (χ4v) is 3.34. The van der Waals surface area contributed by atoms with Crippen molar-refractivity contribution in [2.45, 2.75) is 44.8 Å². The van der Waals surface area contributed by atoms with Crippen LogP contribution in [0.1, 0.15) is 37.4 Å². The number of aromatic nitrogens is 2. The Balaban J connectivity index is 1.89. The summed E-state index contributed by atoms with van der Waals surface area (Å²) in [4.78, 5) is 11.1. The van der Waals surface area contributed by atoms with E-state index >= 15 is 0 Å². The minimum atomic E-state index is -4.77. The van der Waals surface area contributed by atoms with E-state index in [-0.39, 0.29) is 11.6 Å². The van der Waals surface area contributed by atoms with Crippen LogP contribution in [0.2, 0.25) is 0 Å². The second-order valence-electron chi connectivity index (χ2n) is 7.18. The normalized spacial score (nSPS) is 17.0. The van der Waals surface area contributed by atoms with Crippen molar-refractivity contribution in [3.05, 3.63) is 41.3 Å². The molecular formula is C20H25F4N5. The van der Waals surface area contributed by atoms with Crippen molar-refractivity contribution in [2.24, 2.45) is 0 Å². The lowest BCUT2D eigenvalue weighted by Crippen LogP contribution is -2.30. The van der Waals surface area contributed by atoms with Crippen molar-refractivity contribution in [3.63, 3.8) is 0 Å². The van der Waals surface area contributed by atoms with Crippen LogP contribution in [0, 0.1) is 5.82 Å². The summed E-state index contributed by atoms with van der Waals surface area (Å²) in [6.07, 6.45) is -1.08. The molecule has 1 aromatic carbocycles. The van der Waals surface area contributed by atoms with Gasteiger partial charge in [-0.15, -0.1) is 0 Å². The van der Waals surface area contributed by atoms with E-state index in [1.54, 1.807) is 0 Å². The largest absolute Gasteiger partial charge is 0.419 e. The average Bonchev–Trinajstić information content (AvgIpc) is 3.16. The number of nitrogens with zero attached hydrogens (tertiary/aromatic N) is 3. The Labute approximate surface area is 167 Å². The predicted octanol–water partition coefficient (Wildman–Crippen LogP) is 4.52. The summed E-state index contributed by atoms with van der Waals surface area (Å²) in [5, 5.41) is 6.07. The highest BCUT2D eigenvalue weighted by Crippen LogP contribution is 2.33. The number of likely N-dealkylation sites (N-methyl/N-ethyl adjacent to an activating group) is 1. The van der Waals surface area contributed by atoms with E-state index in [1.807, 2.05) is 13.1 Å². The molecule has 0 amide bonds. The van der Waals surface area contributed by atoms with E-state index in [9.17, 15) is 17.6 Å². The molecule has 0 unspecified atom stereocenters. The molecule has 0 saturated carbocycles. The molecule has 0 radical (unpaired) electrons. The lowest BCUT2D eigenvalue weighted by Gasteiger charge is -2.19. The summed E-state index contributed by atoms with van der Waals surface area (Å²) < 4.78 is 52.5. The zero-order valence-corrected chi connectivity index (χ0v) is 16.5. The van der Waals surface area contributed by atoms with Crippen LogP contribution in [0.4, 0.5) is 35.0 Å². The third kappa shape index (κ3) is 5.35. The van der Waals surface area contributed by atoms with Crippen molar-refractivity contribution in [1.29, 1.82) is 0 Å². The van der Waals surface area contributed by atoms with Crippen LogP contribution in [-0.4, -0.2) is 36.1 Å². The van der Waals surface area contributed by atoms with E-state index < -0.39 is 17.6 Å². The molecule has 1 saturated heterocycles. The van der Waals surface area contributed by atoms with Crippen molar-refractivity contribution in [2.75, 3.05) is 30.4 Å². The van der Waals surface area contributed by atoms with Crippen LogP contribution in [-0.2, 0) is 12.6 Å². The summed E-state index contributed by atoms with van der Waals surface area (Å²) >= 11 is 0. The zero-order valence-electron chi connectivity index (χ0n) is 16.5. The quantitative estimate of drug-likeness (QED) is 0.657. The number of anilines is 3. The summed E-state index contributed by atoms with van der Waals surface area (Å²) in [5.41, 5.74) is -0.404. The standard InChI is InChI=1S/C20H25F4N5/c1-3-4-5-13-11-18(29-9-8-15(12-29)25-2)28-19(26-13)27-14-6-7-17(21)16(10-14)20(22,23)24/h6-7,10-11,15,25H,3-5,8-9,12H2,1-2H3,(H,26,27,28)/t15-/m0/s1. The second kappa shape index (κ2) is 8.94. The first-order valence-corrected chi connectivity index (χ1v) is 9.74. The summed E-state index contributed by atoms with van der Waals surface area (Å²) in [5.74, 6) is -0.359. The smallest absolute Gasteiger partial charge is 0.355 e. The number of hydrogen-bond acceptors (Lipinski definition) is 5. The Kier molecular flexibility index (Phi) is 6.56. The maximum absolute atomic E-state index is 13.6. The number of benzene rings is 1. The Morgan fingerprint density at radius 2 is 2.00 bits per heavy atom. The van der Waals surface area contributed by atoms with Gasteiger partial charge in [0, 0.05) is 36.6 Å². The van der Waals surface area contributed by atoms with Crippen molar-refractivity contribution in [1.82, 2.24) is 15.3 Å². The fraction of sp³-hybridized carbons (Fsp3) is 0.500. The molecule has 1 aromatic heterocycles. The van der Waals surface area contributed by atoms with Gasteiger partial charge in [-0.2, -0.15) is 18.2 Å². The Hall–Kier alpha value is -2.42. The predicted molar refractivity (Wildman–Crippen MR) is 105 cm³/mol. The number of halogens is 4. The number of rotatable bonds is 7. The van der Waals surface area contributed by atoms with E-state index in [0.717, 1.165) is 62.4 Å². The number of unbranched alkanes of at least 4 members (excludes halogenated alkanes) is 1. The number of nitrogens with one attached hydrogen (secondary N) is 2. The van der Waals surface area contributed by atoms with Gasteiger partial charge in [-0.05, 0) is 44.5 Å². The molecule has 0 spiro atoms. The van der Waals surface area contributed by atoms with E-state index in [4.69, 9.17) is 0 Å². The molecule has 2 aromatic rings. The zero-order chi connectivity index (χ0) is 21.0. The first kappa shape index (κ1) is 21.3. The van der Waals surface area contributed by atoms with E-state index in [1.165, 1.54) is 6.07 Å². The molecular weight excluding hydrogens is 386 g/mol. The molecule has 1 atom stereocenters. The third-order valence-electron chi connectivity index (χ3n) is 5.00. The van der Waals surface area contributed by atoms with E-state index in [2.05, 4.69) is 32.4 Å². The molecule has 0 aliphatic carbocycles. The van der Waals surface area contributed by atoms with Crippen LogP contribution in [0.3, 0.4) is 0 Å². The van der Waals surface area contributed by atoms with Gasteiger partial charge in [0.05, 0.1) is 5.56 Å². The first-order valence-electron chi connectivity index (χ1n) is 9.74. The topological polar surface area (TPSA) is 53.1 Å². The summed E-state index contributed by atoms with van der Waals surface area (Å²) in [6.45, 7) is 3.72. The minimum absolute atomic E-state index is 0.0897. The molecule has 3 rings (SSSR count). The first-order chi connectivity index (χ1) is 13.8. The van der Waals surface area contributed by atoms with Gasteiger partial charge >= 0.3 is 6.18 Å². The molecule has 158 valence electrons. The van der Waals surface area contributed by atoms with Crippen LogP contribution in [0.25, 0.3) is 0 Å². The summed E-state index contributed by atoms with van der Waals surface area (Å²) in [7, 11) is 1.92. The van der Waals surface area contributed by atoms with E-state index in [0.29, 0.717) is 6.04 Å². The van der Waals surface area contributed by atoms with Gasteiger partial charge in [0.25, 0.3) is 0 Å². The molecule has 29 heavy (non-hydrogen) atoms. The molecule has 2 N–H and O–H groups in total. The highest BCUT2D eigenvalue weighted by Gasteiger charge is 2.34. The highest BCUT2D eigenvalue weighted by molar-refractivity contribution is 5.57. The van der Waals surface area contributed by atoms with Crippen molar-refractivity contribution in [3.8, 4) is 0 Å². The van der Waals surface area contributed by atoms with Gasteiger partial charge < -0.3 is 15.5 Å². The van der Waals surface area contributed by atoms with Gasteiger partial charge in [-0.3, -0.25) is 0 Å². The molecule has 1 aliphatic rings. The van der Waals surface area contributed by atoms with Crippen molar-refractivity contribution >= 4 is 17.5 Å². The average molecular weight is 411 g/mol. The lowest BCUT2D eigenvalue weighted by atomic mass is 10.2. The molecule has 1 fully saturated rings. The third-order valence-corrected chi connectivity index (χ3v) is 5.00. The van der Waals surface area contributed by atoms with Gasteiger partial charge in [0.2, 0.25) is 5.95 Å². The molecule has 2 heterocycles. The van der Waals surface area contributed by atoms with Crippen LogP contribution < -0.4 is 15.5 Å². The van der Waals surface area contributed by atoms with Gasteiger partial charge in [0.1, 0.15) is 11.6 Å². The highest BCUT2D eigenvalue weighted by atomic mass is 19.4. The number of hydrogen-bond donors (Lipinski definition) is 2. The Morgan fingerprint density at radius 3 is 2.66 bits per heavy atom. The maximum atomic E-state index is 13.6. The Morgan fingerprint density at radius 1 is 1.21 bits per heavy atom. The fourth-order valence-electron chi connectivity index (χ4n) is 3.34. The second-order valence-corrected chi connectivity index (χ2v) is 7.18. The lowest BCUT2D eigenvalue weighted by molar-refractivity contribution is -0.139. The number of aryl methyl sites for hydroxylation is 1. The van der Waals surface area contributed by atoms with Crippen LogP contribution in [0.15, 0.2) is 24.3 Å². The van der Waals surface area contributed by atoms with Crippen LogP contribution in [0.5, 0.6) is 0 Å².